The van der Waals surface area contributed by atoms with E-state index < -0.39 is 5.91 Å². The summed E-state index contributed by atoms with van der Waals surface area (Å²) in [5.41, 5.74) is 11.1. The molecule has 1 rings (SSSR count). The van der Waals surface area contributed by atoms with E-state index in [1.54, 1.807) is 6.92 Å². The molecule has 5 unspecified atom stereocenters. The maximum absolute atomic E-state index is 12.1. The Morgan fingerprint density at radius 2 is 1.89 bits per heavy atom. The number of carbonyl (C=O) groups excluding carboxylic acids is 2. The van der Waals surface area contributed by atoms with Crippen LogP contribution in [-0.4, -0.2) is 23.9 Å². The van der Waals surface area contributed by atoms with Crippen LogP contribution in [0.1, 0.15) is 40.0 Å². The van der Waals surface area contributed by atoms with Gasteiger partial charge in [0, 0.05) is 24.4 Å². The minimum Gasteiger partial charge on any atom is -0.370 e. The second-order valence-corrected chi connectivity index (χ2v) is 5.78. The molecule has 5 atom stereocenters. The average molecular weight is 255 g/mol. The zero-order valence-electron chi connectivity index (χ0n) is 11.5. The standard InChI is InChI=1S/C13H25N3O2/c1-7-4-8(2)11(14)6-10(7)13(18)16-9(3)5-12(15)17/h7-11H,4-6,14H2,1-3H3,(H2,15,17)(H,16,18). The lowest BCUT2D eigenvalue weighted by Crippen LogP contribution is -2.47. The summed E-state index contributed by atoms with van der Waals surface area (Å²) in [7, 11) is 0. The van der Waals surface area contributed by atoms with Gasteiger partial charge in [-0.1, -0.05) is 13.8 Å². The van der Waals surface area contributed by atoms with Crippen LogP contribution in [0.15, 0.2) is 0 Å². The van der Waals surface area contributed by atoms with E-state index in [0.717, 1.165) is 12.8 Å². The van der Waals surface area contributed by atoms with Gasteiger partial charge in [-0.3, -0.25) is 9.59 Å². The summed E-state index contributed by atoms with van der Waals surface area (Å²) in [5.74, 6) is 0.350. The van der Waals surface area contributed by atoms with Crippen LogP contribution in [0.25, 0.3) is 0 Å². The Kier molecular flexibility index (Phi) is 5.14. The Hall–Kier alpha value is -1.10. The first-order valence-corrected chi connectivity index (χ1v) is 6.65. The maximum Gasteiger partial charge on any atom is 0.223 e. The molecule has 0 radical (unpaired) electrons. The molecule has 104 valence electrons. The number of carbonyl (C=O) groups is 2. The van der Waals surface area contributed by atoms with Crippen LogP contribution in [0.3, 0.4) is 0 Å². The molecule has 0 aromatic heterocycles. The van der Waals surface area contributed by atoms with Crippen LogP contribution in [0.2, 0.25) is 0 Å². The summed E-state index contributed by atoms with van der Waals surface area (Å²) < 4.78 is 0. The fourth-order valence-electron chi connectivity index (χ4n) is 2.75. The molecule has 0 bridgehead atoms. The summed E-state index contributed by atoms with van der Waals surface area (Å²) in [6.45, 7) is 6.01. The molecule has 1 aliphatic rings. The lowest BCUT2D eigenvalue weighted by Gasteiger charge is -2.36. The predicted octanol–water partition coefficient (Wildman–Crippen LogP) is 0.376. The van der Waals surface area contributed by atoms with Gasteiger partial charge in [-0.2, -0.15) is 0 Å². The van der Waals surface area contributed by atoms with Crippen molar-refractivity contribution in [1.29, 1.82) is 0 Å². The quantitative estimate of drug-likeness (QED) is 0.677. The van der Waals surface area contributed by atoms with Crippen molar-refractivity contribution in [2.45, 2.75) is 52.1 Å². The molecule has 2 amide bonds. The molecule has 5 nitrogen and oxygen atoms in total. The van der Waals surface area contributed by atoms with Crippen molar-refractivity contribution in [3.63, 3.8) is 0 Å². The van der Waals surface area contributed by atoms with Gasteiger partial charge in [0.2, 0.25) is 11.8 Å². The molecule has 0 spiro atoms. The van der Waals surface area contributed by atoms with Crippen LogP contribution < -0.4 is 16.8 Å². The number of nitrogens with two attached hydrogens (primary N) is 2. The Labute approximate surface area is 109 Å². The second kappa shape index (κ2) is 6.18. The SMILES string of the molecule is CC(CC(N)=O)NC(=O)C1CC(N)C(C)CC1C. The third-order valence-corrected chi connectivity index (χ3v) is 3.92. The summed E-state index contributed by atoms with van der Waals surface area (Å²) in [6, 6.07) is -0.124. The Morgan fingerprint density at radius 3 is 2.44 bits per heavy atom. The Morgan fingerprint density at radius 1 is 1.28 bits per heavy atom. The monoisotopic (exact) mass is 255 g/mol. The predicted molar refractivity (Wildman–Crippen MR) is 70.4 cm³/mol. The molecule has 5 heteroatoms. The van der Waals surface area contributed by atoms with E-state index in [0.29, 0.717) is 11.8 Å². The number of hydrogen-bond acceptors (Lipinski definition) is 3. The summed E-state index contributed by atoms with van der Waals surface area (Å²) in [6.07, 6.45) is 1.87. The number of primary amides is 1. The van der Waals surface area contributed by atoms with Crippen molar-refractivity contribution in [3.05, 3.63) is 0 Å². The molecule has 1 aliphatic carbocycles. The number of rotatable bonds is 4. The Balaban J connectivity index is 2.53. The molecule has 0 aromatic rings. The van der Waals surface area contributed by atoms with Crippen LogP contribution in [0, 0.1) is 17.8 Å². The van der Waals surface area contributed by atoms with Crippen molar-refractivity contribution in [2.75, 3.05) is 0 Å². The zero-order valence-corrected chi connectivity index (χ0v) is 11.5. The van der Waals surface area contributed by atoms with E-state index in [2.05, 4.69) is 19.2 Å². The highest BCUT2D eigenvalue weighted by Gasteiger charge is 2.35. The smallest absolute Gasteiger partial charge is 0.223 e. The normalized spacial score (nSPS) is 33.8. The first-order chi connectivity index (χ1) is 8.31. The van der Waals surface area contributed by atoms with Gasteiger partial charge in [0.1, 0.15) is 0 Å². The van der Waals surface area contributed by atoms with Crippen molar-refractivity contribution < 1.29 is 9.59 Å². The van der Waals surface area contributed by atoms with Crippen molar-refractivity contribution in [2.24, 2.45) is 29.2 Å². The average Bonchev–Trinajstić information content (AvgIpc) is 2.21. The van der Waals surface area contributed by atoms with Gasteiger partial charge in [-0.05, 0) is 31.6 Å². The van der Waals surface area contributed by atoms with Gasteiger partial charge >= 0.3 is 0 Å². The fraction of sp³-hybridized carbons (Fsp3) is 0.846. The first kappa shape index (κ1) is 15.0. The van der Waals surface area contributed by atoms with E-state index in [4.69, 9.17) is 11.5 Å². The summed E-state index contributed by atoms with van der Waals surface area (Å²) in [4.78, 5) is 22.9. The number of hydrogen-bond donors (Lipinski definition) is 3. The van der Waals surface area contributed by atoms with Crippen molar-refractivity contribution >= 4 is 11.8 Å². The molecule has 18 heavy (non-hydrogen) atoms. The van der Waals surface area contributed by atoms with E-state index >= 15 is 0 Å². The molecule has 1 fully saturated rings. The van der Waals surface area contributed by atoms with Gasteiger partial charge in [0.15, 0.2) is 0 Å². The van der Waals surface area contributed by atoms with E-state index in [9.17, 15) is 9.59 Å². The minimum atomic E-state index is -0.398. The molecule has 5 N–H and O–H groups in total. The van der Waals surface area contributed by atoms with Gasteiger partial charge in [0.05, 0.1) is 0 Å². The van der Waals surface area contributed by atoms with Crippen molar-refractivity contribution in [1.82, 2.24) is 5.32 Å². The van der Waals surface area contributed by atoms with Gasteiger partial charge in [0.25, 0.3) is 0 Å². The van der Waals surface area contributed by atoms with Gasteiger partial charge in [-0.15, -0.1) is 0 Å². The van der Waals surface area contributed by atoms with Crippen LogP contribution in [0.4, 0.5) is 0 Å². The zero-order chi connectivity index (χ0) is 13.9. The fourth-order valence-corrected chi connectivity index (χ4v) is 2.75. The molecule has 1 saturated carbocycles. The topological polar surface area (TPSA) is 98.2 Å². The summed E-state index contributed by atoms with van der Waals surface area (Å²) in [5, 5.41) is 2.85. The minimum absolute atomic E-state index is 0.00130. The molecule has 0 saturated heterocycles. The van der Waals surface area contributed by atoms with E-state index in [-0.39, 0.29) is 30.3 Å². The van der Waals surface area contributed by atoms with Crippen LogP contribution >= 0.6 is 0 Å². The Bertz CT molecular complexity index is 319. The van der Waals surface area contributed by atoms with Gasteiger partial charge in [-0.25, -0.2) is 0 Å². The molecule has 0 aromatic carbocycles. The molecular weight excluding hydrogens is 230 g/mol. The highest BCUT2D eigenvalue weighted by atomic mass is 16.2. The third kappa shape index (κ3) is 3.98. The molecule has 0 heterocycles. The lowest BCUT2D eigenvalue weighted by molar-refractivity contribution is -0.129. The first-order valence-electron chi connectivity index (χ1n) is 6.65. The third-order valence-electron chi connectivity index (χ3n) is 3.92. The highest BCUT2D eigenvalue weighted by Crippen LogP contribution is 2.32. The van der Waals surface area contributed by atoms with Crippen LogP contribution in [-0.2, 0) is 9.59 Å². The second-order valence-electron chi connectivity index (χ2n) is 5.78. The molecule has 0 aliphatic heterocycles. The number of nitrogens with one attached hydrogen (secondary N) is 1. The highest BCUT2D eigenvalue weighted by molar-refractivity contribution is 5.81. The van der Waals surface area contributed by atoms with Crippen LogP contribution in [0.5, 0.6) is 0 Å². The maximum atomic E-state index is 12.1. The van der Waals surface area contributed by atoms with Gasteiger partial charge < -0.3 is 16.8 Å². The van der Waals surface area contributed by atoms with Crippen molar-refractivity contribution in [3.8, 4) is 0 Å². The lowest BCUT2D eigenvalue weighted by atomic mass is 9.72. The van der Waals surface area contributed by atoms with E-state index in [1.807, 2.05) is 0 Å². The molecular formula is C13H25N3O2. The largest absolute Gasteiger partial charge is 0.370 e. The summed E-state index contributed by atoms with van der Waals surface area (Å²) >= 11 is 0. The van der Waals surface area contributed by atoms with E-state index in [1.165, 1.54) is 0 Å². The number of amides is 2.